The number of rotatable bonds is 6. The summed E-state index contributed by atoms with van der Waals surface area (Å²) >= 11 is 0. The third-order valence-corrected chi connectivity index (χ3v) is 2.12. The fourth-order valence-corrected chi connectivity index (χ4v) is 1.07. The van der Waals surface area contributed by atoms with Gasteiger partial charge in [-0.25, -0.2) is 9.59 Å². The fourth-order valence-electron chi connectivity index (χ4n) is 1.07. The molecule has 0 saturated heterocycles. The van der Waals surface area contributed by atoms with Crippen molar-refractivity contribution in [1.82, 2.24) is 0 Å². The molecule has 0 aromatic carbocycles. The number of allylic oxidation sites excluding steroid dienone is 4. The topological polar surface area (TPSA) is 52.6 Å². The maximum absolute atomic E-state index is 12.2. The van der Waals surface area contributed by atoms with Crippen LogP contribution in [0.25, 0.3) is 0 Å². The van der Waals surface area contributed by atoms with Gasteiger partial charge in [0.15, 0.2) is 0 Å². The summed E-state index contributed by atoms with van der Waals surface area (Å²) in [5.74, 6) is -2.95. The lowest BCUT2D eigenvalue weighted by Crippen LogP contribution is -2.45. The van der Waals surface area contributed by atoms with Gasteiger partial charge < -0.3 is 9.47 Å². The summed E-state index contributed by atoms with van der Waals surface area (Å²) in [6, 6.07) is 0. The molecule has 0 saturated carbocycles. The summed E-state index contributed by atoms with van der Waals surface area (Å²) in [4.78, 5) is 22.3. The minimum Gasteiger partial charge on any atom is -0.440 e. The van der Waals surface area contributed by atoms with Crippen molar-refractivity contribution in [3.8, 4) is 0 Å². The third kappa shape index (κ3) is 8.20. The van der Waals surface area contributed by atoms with Gasteiger partial charge in [-0.15, -0.1) is 0 Å². The minimum absolute atomic E-state index is 0.0505. The van der Waals surface area contributed by atoms with Crippen molar-refractivity contribution in [2.24, 2.45) is 0 Å². The molecule has 24 heavy (non-hydrogen) atoms. The number of carbonyl (C=O) groups is 2. The highest BCUT2D eigenvalue weighted by atomic mass is 19.4. The largest absolute Gasteiger partial charge is 0.440 e. The highest BCUT2D eigenvalue weighted by molar-refractivity contribution is 5.89. The SMILES string of the molecule is C=C/C=C\C=C(/C)C(=O)O/C=C/C(=O)OC(C(F)(F)F)C(F)(F)F. The molecule has 0 amide bonds. The van der Waals surface area contributed by atoms with Gasteiger partial charge in [-0.1, -0.05) is 30.9 Å². The van der Waals surface area contributed by atoms with Crippen LogP contribution in [0.5, 0.6) is 0 Å². The van der Waals surface area contributed by atoms with E-state index < -0.39 is 30.4 Å². The van der Waals surface area contributed by atoms with E-state index in [1.807, 2.05) is 0 Å². The Labute approximate surface area is 132 Å². The van der Waals surface area contributed by atoms with Crippen molar-refractivity contribution in [3.05, 3.63) is 48.8 Å². The first-order chi connectivity index (χ1) is 10.9. The molecule has 0 aromatic heterocycles. The molecule has 0 rings (SSSR count). The van der Waals surface area contributed by atoms with Crippen molar-refractivity contribution in [1.29, 1.82) is 0 Å². The van der Waals surface area contributed by atoms with E-state index in [9.17, 15) is 35.9 Å². The number of ether oxygens (including phenoxy) is 2. The number of hydrogen-bond donors (Lipinski definition) is 0. The summed E-state index contributed by atoms with van der Waals surface area (Å²) in [7, 11) is 0. The molecule has 0 aliphatic rings. The Morgan fingerprint density at radius 3 is 2.04 bits per heavy atom. The number of carbonyl (C=O) groups excluding carboxylic acids is 2. The Hall–Kier alpha value is -2.52. The Bertz CT molecular complexity index is 541. The first kappa shape index (κ1) is 21.5. The van der Waals surface area contributed by atoms with E-state index in [-0.39, 0.29) is 11.6 Å². The van der Waals surface area contributed by atoms with Crippen LogP contribution in [0.3, 0.4) is 0 Å². The van der Waals surface area contributed by atoms with Crippen LogP contribution >= 0.6 is 0 Å². The molecule has 134 valence electrons. The zero-order valence-electron chi connectivity index (χ0n) is 12.1. The Kier molecular flexibility index (Phi) is 8.00. The van der Waals surface area contributed by atoms with Crippen LogP contribution in [0, 0.1) is 0 Å². The highest BCUT2D eigenvalue weighted by Gasteiger charge is 2.59. The highest BCUT2D eigenvalue weighted by Crippen LogP contribution is 2.35. The molecule has 0 atom stereocenters. The molecule has 0 aliphatic carbocycles. The van der Waals surface area contributed by atoms with Gasteiger partial charge in [0.05, 0.1) is 6.08 Å². The first-order valence-electron chi connectivity index (χ1n) is 6.07. The molecule has 0 N–H and O–H groups in total. The van der Waals surface area contributed by atoms with Crippen LogP contribution < -0.4 is 0 Å². The van der Waals surface area contributed by atoms with Gasteiger partial charge in [-0.2, -0.15) is 26.3 Å². The van der Waals surface area contributed by atoms with Crippen molar-refractivity contribution in [3.63, 3.8) is 0 Å². The predicted octanol–water partition coefficient (Wildman–Crippen LogP) is 3.77. The van der Waals surface area contributed by atoms with Crippen LogP contribution in [0.4, 0.5) is 26.3 Å². The fraction of sp³-hybridized carbons (Fsp3) is 0.286. The van der Waals surface area contributed by atoms with Crippen molar-refractivity contribution in [2.75, 3.05) is 0 Å². The lowest BCUT2D eigenvalue weighted by molar-refractivity contribution is -0.312. The van der Waals surface area contributed by atoms with E-state index in [1.54, 1.807) is 0 Å². The second-order valence-electron chi connectivity index (χ2n) is 4.08. The Morgan fingerprint density at radius 2 is 1.58 bits per heavy atom. The lowest BCUT2D eigenvalue weighted by Gasteiger charge is -2.21. The number of halogens is 6. The molecule has 0 unspecified atom stereocenters. The van der Waals surface area contributed by atoms with Gasteiger partial charge >= 0.3 is 24.3 Å². The zero-order chi connectivity index (χ0) is 19.0. The molecule has 4 nitrogen and oxygen atoms in total. The zero-order valence-corrected chi connectivity index (χ0v) is 12.1. The average molecular weight is 358 g/mol. The molecular formula is C14H12F6O4. The van der Waals surface area contributed by atoms with Crippen molar-refractivity contribution in [2.45, 2.75) is 25.4 Å². The molecule has 0 radical (unpaired) electrons. The van der Waals surface area contributed by atoms with Crippen LogP contribution in [-0.4, -0.2) is 30.4 Å². The first-order valence-corrected chi connectivity index (χ1v) is 6.07. The van der Waals surface area contributed by atoms with Crippen molar-refractivity contribution < 1.29 is 45.4 Å². The monoisotopic (exact) mass is 358 g/mol. The Balaban J connectivity index is 4.74. The van der Waals surface area contributed by atoms with Crippen molar-refractivity contribution >= 4 is 11.9 Å². The normalized spacial score (nSPS) is 13.6. The number of alkyl halides is 6. The van der Waals surface area contributed by atoms with E-state index >= 15 is 0 Å². The number of hydrogen-bond acceptors (Lipinski definition) is 4. The maximum atomic E-state index is 12.2. The molecular weight excluding hydrogens is 346 g/mol. The standard InChI is InChI=1S/C14H12F6O4/c1-3-4-5-6-9(2)11(22)23-8-7-10(21)24-12(13(15,16)17)14(18,19)20/h3-8,12H,1H2,2H3/b5-4-,8-7+,9-6+. The Morgan fingerprint density at radius 1 is 1.04 bits per heavy atom. The number of esters is 2. The van der Waals surface area contributed by atoms with E-state index in [2.05, 4.69) is 16.1 Å². The molecule has 10 heteroatoms. The molecule has 0 fully saturated rings. The van der Waals surface area contributed by atoms with Crippen LogP contribution in [0.15, 0.2) is 48.8 Å². The van der Waals surface area contributed by atoms with E-state index in [4.69, 9.17) is 0 Å². The maximum Gasteiger partial charge on any atom is 0.434 e. The third-order valence-electron chi connectivity index (χ3n) is 2.12. The summed E-state index contributed by atoms with van der Waals surface area (Å²) in [5, 5.41) is 0. The van der Waals surface area contributed by atoms with Gasteiger partial charge in [0.2, 0.25) is 0 Å². The molecule has 0 aliphatic heterocycles. The van der Waals surface area contributed by atoms with E-state index in [1.165, 1.54) is 31.2 Å². The molecule has 0 aromatic rings. The van der Waals surface area contributed by atoms with Gasteiger partial charge in [-0.05, 0) is 6.92 Å². The minimum atomic E-state index is -5.82. The quantitative estimate of drug-likeness (QED) is 0.238. The summed E-state index contributed by atoms with van der Waals surface area (Å²) in [5.41, 5.74) is 0.0505. The lowest BCUT2D eigenvalue weighted by atomic mass is 10.3. The molecule has 0 bridgehead atoms. The van der Waals surface area contributed by atoms with Gasteiger partial charge in [0.25, 0.3) is 6.10 Å². The summed E-state index contributed by atoms with van der Waals surface area (Å²) in [6.45, 7) is 4.70. The molecule has 0 spiro atoms. The van der Waals surface area contributed by atoms with E-state index in [0.717, 1.165) is 0 Å². The van der Waals surface area contributed by atoms with Gasteiger partial charge in [0, 0.05) is 5.57 Å². The van der Waals surface area contributed by atoms with Gasteiger partial charge in [0.1, 0.15) is 6.26 Å². The predicted molar refractivity (Wildman–Crippen MR) is 70.3 cm³/mol. The second-order valence-corrected chi connectivity index (χ2v) is 4.08. The average Bonchev–Trinajstić information content (AvgIpc) is 2.42. The van der Waals surface area contributed by atoms with Crippen LogP contribution in [0.1, 0.15) is 6.92 Å². The summed E-state index contributed by atoms with van der Waals surface area (Å²) < 4.78 is 80.6. The van der Waals surface area contributed by atoms with Crippen LogP contribution in [-0.2, 0) is 19.1 Å². The van der Waals surface area contributed by atoms with Crippen LogP contribution in [0.2, 0.25) is 0 Å². The smallest absolute Gasteiger partial charge is 0.434 e. The molecule has 0 heterocycles. The summed E-state index contributed by atoms with van der Waals surface area (Å²) in [6.07, 6.45) is -9.84. The van der Waals surface area contributed by atoms with E-state index in [0.29, 0.717) is 6.26 Å². The van der Waals surface area contributed by atoms with Gasteiger partial charge in [-0.3, -0.25) is 0 Å². The second kappa shape index (κ2) is 8.94.